The lowest BCUT2D eigenvalue weighted by Gasteiger charge is -2.23. The van der Waals surface area contributed by atoms with Crippen molar-refractivity contribution in [1.82, 2.24) is 24.5 Å². The molecule has 1 aliphatic carbocycles. The first-order chi connectivity index (χ1) is 18.8. The molecule has 190 valence electrons. The number of hydrogen-bond donors (Lipinski definition) is 1. The van der Waals surface area contributed by atoms with Gasteiger partial charge >= 0.3 is 6.61 Å². The van der Waals surface area contributed by atoms with Crippen LogP contribution in [0.25, 0.3) is 16.6 Å². The van der Waals surface area contributed by atoms with E-state index in [4.69, 9.17) is 14.6 Å². The predicted molar refractivity (Wildman–Crippen MR) is 128 cm³/mol. The number of benzene rings is 1. The van der Waals surface area contributed by atoms with E-state index < -0.39 is 42.8 Å². The second-order valence-electron chi connectivity index (χ2n) is 9.76. The third kappa shape index (κ3) is 3.56. The second kappa shape index (κ2) is 8.01. The Bertz CT molecular complexity index is 1670. The predicted octanol–water partition coefficient (Wildman–Crippen LogP) is 4.39. The minimum atomic E-state index is -3.17. The van der Waals surface area contributed by atoms with E-state index in [1.807, 2.05) is 0 Å². The number of fused-ring (bicyclic) bond motifs is 9. The van der Waals surface area contributed by atoms with Crippen LogP contribution in [0.2, 0.25) is 0 Å². The molecule has 0 radical (unpaired) electrons. The fourth-order valence-electron chi connectivity index (χ4n) is 5.23. The van der Waals surface area contributed by atoms with Crippen LogP contribution in [-0.2, 0) is 5.54 Å². The number of alkyl halides is 2. The van der Waals surface area contributed by atoms with Gasteiger partial charge in [0.2, 0.25) is 0 Å². The average molecular weight is 512 g/mol. The van der Waals surface area contributed by atoms with E-state index in [0.29, 0.717) is 22.5 Å². The number of aromatic nitrogens is 4. The van der Waals surface area contributed by atoms with Crippen LogP contribution >= 0.6 is 0 Å². The number of rotatable bonds is 4. The van der Waals surface area contributed by atoms with Crippen molar-refractivity contribution in [3.8, 4) is 16.9 Å². The summed E-state index contributed by atoms with van der Waals surface area (Å²) >= 11 is 0. The molecule has 6 rings (SSSR count). The Balaban J connectivity index is 1.59. The van der Waals surface area contributed by atoms with E-state index >= 15 is 4.39 Å². The summed E-state index contributed by atoms with van der Waals surface area (Å²) in [5, 5.41) is 4.48. The van der Waals surface area contributed by atoms with E-state index in [1.165, 1.54) is 41.2 Å². The van der Waals surface area contributed by atoms with Gasteiger partial charge in [-0.2, -0.15) is 13.9 Å². The normalized spacial score (nSPS) is 20.4. The Morgan fingerprint density at radius 1 is 1.22 bits per heavy atom. The number of carbonyl (C=O) groups is 1. The molecule has 3 aromatic heterocycles. The molecular formula is C26H23F3N6O2. The fraction of sp³-hybridized carbons (Fsp3) is 0.308. The Kier molecular flexibility index (Phi) is 4.35. The maximum atomic E-state index is 15.3. The molecule has 2 atom stereocenters. The molecule has 2 N–H and O–H groups in total. The van der Waals surface area contributed by atoms with Crippen LogP contribution in [0.4, 0.5) is 13.2 Å². The highest BCUT2D eigenvalue weighted by molar-refractivity contribution is 5.98. The molecule has 1 amide bonds. The van der Waals surface area contributed by atoms with Gasteiger partial charge in [0.05, 0.1) is 29.0 Å². The number of ether oxygens (including phenoxy) is 1. The zero-order chi connectivity index (χ0) is 28.7. The standard InChI is InChI=1S/C26H23F3N6O2/c1-26(2,30)24-31-9-12(10-32-24)14-7-17-21-15-8-18(22(21)33-35(17)11-16(14)27)34(3)23(36)13-5-4-6-19(20(13)15)37-25(28)29/h4-7,9-11,15,18,25H,8,30H2,1-3H3/t15-,18-/m1/s1/i3D3. The van der Waals surface area contributed by atoms with Crippen LogP contribution in [0.15, 0.2) is 42.9 Å². The minimum absolute atomic E-state index is 0.0532. The third-order valence-electron chi connectivity index (χ3n) is 6.84. The highest BCUT2D eigenvalue weighted by atomic mass is 19.3. The maximum absolute atomic E-state index is 15.3. The molecule has 2 aliphatic rings. The largest absolute Gasteiger partial charge is 0.434 e. The molecule has 4 heterocycles. The zero-order valence-corrected chi connectivity index (χ0v) is 19.7. The molecule has 37 heavy (non-hydrogen) atoms. The lowest BCUT2D eigenvalue weighted by molar-refractivity contribution is -0.0505. The Morgan fingerprint density at radius 2 is 1.97 bits per heavy atom. The van der Waals surface area contributed by atoms with Crippen molar-refractivity contribution < 1.29 is 26.8 Å². The van der Waals surface area contributed by atoms with Gasteiger partial charge in [-0.3, -0.25) is 4.79 Å². The number of nitrogens with zero attached hydrogens (tertiary/aromatic N) is 5. The number of nitrogens with two attached hydrogens (primary N) is 1. The van der Waals surface area contributed by atoms with Crippen LogP contribution in [0, 0.1) is 5.82 Å². The smallest absolute Gasteiger partial charge is 0.387 e. The van der Waals surface area contributed by atoms with Crippen molar-refractivity contribution in [1.29, 1.82) is 0 Å². The van der Waals surface area contributed by atoms with Gasteiger partial charge in [0.25, 0.3) is 5.91 Å². The molecular weight excluding hydrogens is 485 g/mol. The van der Waals surface area contributed by atoms with Crippen molar-refractivity contribution in [2.75, 3.05) is 6.98 Å². The van der Waals surface area contributed by atoms with Crippen LogP contribution in [0.3, 0.4) is 0 Å². The van der Waals surface area contributed by atoms with Crippen molar-refractivity contribution >= 4 is 11.4 Å². The number of pyridine rings is 1. The fourth-order valence-corrected chi connectivity index (χ4v) is 5.23. The van der Waals surface area contributed by atoms with E-state index in [9.17, 15) is 13.6 Å². The van der Waals surface area contributed by atoms with Crippen molar-refractivity contribution in [3.05, 3.63) is 76.9 Å². The molecule has 0 fully saturated rings. The molecule has 0 saturated carbocycles. The zero-order valence-electron chi connectivity index (χ0n) is 22.7. The van der Waals surface area contributed by atoms with E-state index in [0.717, 1.165) is 11.1 Å². The Morgan fingerprint density at radius 3 is 2.65 bits per heavy atom. The highest BCUT2D eigenvalue weighted by Gasteiger charge is 2.46. The molecule has 0 unspecified atom stereocenters. The molecule has 8 nitrogen and oxygen atoms in total. The van der Waals surface area contributed by atoms with Gasteiger partial charge < -0.3 is 15.4 Å². The van der Waals surface area contributed by atoms with Crippen molar-refractivity contribution in [2.24, 2.45) is 5.73 Å². The number of halogens is 3. The second-order valence-corrected chi connectivity index (χ2v) is 9.76. The molecule has 1 aliphatic heterocycles. The van der Waals surface area contributed by atoms with Crippen LogP contribution in [0.5, 0.6) is 5.75 Å². The van der Waals surface area contributed by atoms with Crippen LogP contribution < -0.4 is 10.5 Å². The van der Waals surface area contributed by atoms with Gasteiger partial charge in [-0.15, -0.1) is 0 Å². The number of carbonyl (C=O) groups excluding carboxylic acids is 1. The molecule has 11 heteroatoms. The summed E-state index contributed by atoms with van der Waals surface area (Å²) in [6.07, 6.45) is 4.11. The SMILES string of the molecule is [2H]C([2H])([2H])N1C(=O)c2cccc(OC(F)F)c2[C@H]2C[C@@H]1c1nn3cc(F)c(-c4cnc(C(C)(C)N)nc4)cc3c12. The summed E-state index contributed by atoms with van der Waals surface area (Å²) in [6.45, 7) is -2.56. The average Bonchev–Trinajstić information content (AvgIpc) is 3.34. The van der Waals surface area contributed by atoms with E-state index in [1.54, 1.807) is 13.8 Å². The number of amides is 1. The summed E-state index contributed by atoms with van der Waals surface area (Å²) in [5.74, 6) is -2.10. The summed E-state index contributed by atoms with van der Waals surface area (Å²) < 4.78 is 72.5. The summed E-state index contributed by atoms with van der Waals surface area (Å²) in [5.41, 5.74) is 7.02. The van der Waals surface area contributed by atoms with Gasteiger partial charge in [-0.25, -0.2) is 18.9 Å². The van der Waals surface area contributed by atoms with Gasteiger partial charge in [0, 0.05) is 57.2 Å². The lowest BCUT2D eigenvalue weighted by atomic mass is 9.88. The first-order valence-corrected chi connectivity index (χ1v) is 11.5. The van der Waals surface area contributed by atoms with E-state index in [-0.39, 0.29) is 34.6 Å². The molecule has 4 aromatic rings. The molecule has 0 spiro atoms. The number of hydrogen-bond acceptors (Lipinski definition) is 6. The van der Waals surface area contributed by atoms with E-state index in [2.05, 4.69) is 15.1 Å². The van der Waals surface area contributed by atoms with Crippen LogP contribution in [-0.4, -0.2) is 44.0 Å². The van der Waals surface area contributed by atoms with Gasteiger partial charge in [-0.05, 0) is 38.5 Å². The maximum Gasteiger partial charge on any atom is 0.387 e. The third-order valence-corrected chi connectivity index (χ3v) is 6.84. The summed E-state index contributed by atoms with van der Waals surface area (Å²) in [4.78, 5) is 22.8. The minimum Gasteiger partial charge on any atom is -0.434 e. The Labute approximate surface area is 214 Å². The monoisotopic (exact) mass is 511 g/mol. The van der Waals surface area contributed by atoms with Crippen LogP contribution in [0.1, 0.15) is 69.3 Å². The first-order valence-electron chi connectivity index (χ1n) is 13.0. The topological polar surface area (TPSA) is 98.6 Å². The molecule has 2 bridgehead atoms. The van der Waals surface area contributed by atoms with Crippen molar-refractivity contribution in [2.45, 2.75) is 44.4 Å². The quantitative estimate of drug-likeness (QED) is 0.437. The van der Waals surface area contributed by atoms with Gasteiger partial charge in [-0.1, -0.05) is 6.07 Å². The first kappa shape index (κ1) is 20.1. The van der Waals surface area contributed by atoms with Gasteiger partial charge in [0.1, 0.15) is 17.4 Å². The van der Waals surface area contributed by atoms with Crippen molar-refractivity contribution in [3.63, 3.8) is 0 Å². The highest BCUT2D eigenvalue weighted by Crippen LogP contribution is 2.53. The lowest BCUT2D eigenvalue weighted by Crippen LogP contribution is -2.31. The summed E-state index contributed by atoms with van der Waals surface area (Å²) in [6, 6.07) is 4.59. The molecule has 0 saturated heterocycles. The molecule has 1 aromatic carbocycles. The van der Waals surface area contributed by atoms with Gasteiger partial charge in [0.15, 0.2) is 0 Å². The summed E-state index contributed by atoms with van der Waals surface area (Å²) in [7, 11) is 0. The Hall–Kier alpha value is -3.99.